The lowest BCUT2D eigenvalue weighted by Gasteiger charge is -1.92. The lowest BCUT2D eigenvalue weighted by atomic mass is 10.4. The van der Waals surface area contributed by atoms with Crippen molar-refractivity contribution in [3.05, 3.63) is 22.5 Å². The summed E-state index contributed by atoms with van der Waals surface area (Å²) in [7, 11) is 1.83. The zero-order chi connectivity index (χ0) is 8.72. The van der Waals surface area contributed by atoms with Gasteiger partial charge in [-0.25, -0.2) is 0 Å². The highest BCUT2D eigenvalue weighted by atomic mass is 79.9. The van der Waals surface area contributed by atoms with Gasteiger partial charge in [0.15, 0.2) is 16.5 Å². The van der Waals surface area contributed by atoms with Crippen molar-refractivity contribution in [1.82, 2.24) is 4.57 Å². The molecule has 12 heavy (non-hydrogen) atoms. The Morgan fingerprint density at radius 1 is 1.58 bits per heavy atom. The Morgan fingerprint density at radius 3 is 2.92 bits per heavy atom. The summed E-state index contributed by atoms with van der Waals surface area (Å²) < 4.78 is 7.74. The Kier molecular flexibility index (Phi) is 1.58. The molecule has 2 heterocycles. The molecule has 62 valence electrons. The molecule has 0 aliphatic carbocycles. The number of aryl methyl sites for hydroxylation is 1. The second-order valence-corrected chi connectivity index (χ2v) is 3.33. The molecule has 0 bridgehead atoms. The molecule has 2 aromatic heterocycles. The summed E-state index contributed by atoms with van der Waals surface area (Å²) in [6.45, 7) is 0. The molecule has 0 spiro atoms. The first kappa shape index (κ1) is 7.61. The van der Waals surface area contributed by atoms with Crippen molar-refractivity contribution in [2.75, 3.05) is 0 Å². The normalized spacial score (nSPS) is 10.8. The highest BCUT2D eigenvalue weighted by molar-refractivity contribution is 9.10. The quantitative estimate of drug-likeness (QED) is 0.702. The Labute approximate surface area is 77.1 Å². The Morgan fingerprint density at radius 2 is 2.33 bits per heavy atom. The van der Waals surface area contributed by atoms with Gasteiger partial charge in [-0.2, -0.15) is 0 Å². The first-order chi connectivity index (χ1) is 5.72. The third kappa shape index (κ3) is 0.914. The molecule has 0 aromatic carbocycles. The van der Waals surface area contributed by atoms with E-state index in [4.69, 9.17) is 4.42 Å². The minimum absolute atomic E-state index is 0.622. The summed E-state index contributed by atoms with van der Waals surface area (Å²) in [4.78, 5) is 10.5. The summed E-state index contributed by atoms with van der Waals surface area (Å²) in [5.74, 6) is 0. The maximum Gasteiger partial charge on any atom is 0.172 e. The summed E-state index contributed by atoms with van der Waals surface area (Å²) >= 11 is 3.22. The molecule has 4 heteroatoms. The number of aldehydes is 1. The smallest absolute Gasteiger partial charge is 0.172 e. The van der Waals surface area contributed by atoms with E-state index in [2.05, 4.69) is 15.9 Å². The molecule has 2 aromatic rings. The molecule has 0 radical (unpaired) electrons. The van der Waals surface area contributed by atoms with Gasteiger partial charge in [0, 0.05) is 19.2 Å². The number of hydrogen-bond donors (Lipinski definition) is 0. The average molecular weight is 228 g/mol. The molecule has 0 atom stereocenters. The van der Waals surface area contributed by atoms with E-state index in [-0.39, 0.29) is 0 Å². The van der Waals surface area contributed by atoms with Crippen LogP contribution in [0.3, 0.4) is 0 Å². The van der Waals surface area contributed by atoms with E-state index < -0.39 is 0 Å². The zero-order valence-electron chi connectivity index (χ0n) is 6.37. The summed E-state index contributed by atoms with van der Waals surface area (Å²) in [5, 5.41) is 0. The van der Waals surface area contributed by atoms with Crippen molar-refractivity contribution >= 4 is 33.3 Å². The first-order valence-electron chi connectivity index (χ1n) is 3.42. The predicted octanol–water partition coefficient (Wildman–Crippen LogP) is 2.35. The maximum absolute atomic E-state index is 10.5. The van der Waals surface area contributed by atoms with Gasteiger partial charge >= 0.3 is 0 Å². The SMILES string of the molecule is Cn1c(C=O)cc2oc(Br)cc21. The highest BCUT2D eigenvalue weighted by Crippen LogP contribution is 2.25. The Hall–Kier alpha value is -1.03. The van der Waals surface area contributed by atoms with Crippen molar-refractivity contribution in [3.63, 3.8) is 0 Å². The van der Waals surface area contributed by atoms with E-state index >= 15 is 0 Å². The molecule has 3 nitrogen and oxygen atoms in total. The molecule has 2 rings (SSSR count). The van der Waals surface area contributed by atoms with Crippen LogP contribution in [0, 0.1) is 0 Å². The van der Waals surface area contributed by atoms with E-state index in [1.54, 1.807) is 10.6 Å². The minimum atomic E-state index is 0.622. The van der Waals surface area contributed by atoms with Gasteiger partial charge in [0.05, 0.1) is 11.2 Å². The summed E-state index contributed by atoms with van der Waals surface area (Å²) in [5.41, 5.74) is 2.27. The van der Waals surface area contributed by atoms with Crippen LogP contribution in [0.25, 0.3) is 11.1 Å². The van der Waals surface area contributed by atoms with Crippen molar-refractivity contribution in [1.29, 1.82) is 0 Å². The predicted molar refractivity (Wildman–Crippen MR) is 48.3 cm³/mol. The molecule has 0 unspecified atom stereocenters. The molecule has 0 aliphatic rings. The van der Waals surface area contributed by atoms with E-state index in [9.17, 15) is 4.79 Å². The van der Waals surface area contributed by atoms with Crippen molar-refractivity contribution in [2.45, 2.75) is 0 Å². The minimum Gasteiger partial charge on any atom is -0.448 e. The van der Waals surface area contributed by atoms with Crippen molar-refractivity contribution < 1.29 is 9.21 Å². The van der Waals surface area contributed by atoms with Gasteiger partial charge < -0.3 is 8.98 Å². The first-order valence-corrected chi connectivity index (χ1v) is 4.21. The van der Waals surface area contributed by atoms with E-state index in [0.717, 1.165) is 17.4 Å². The topological polar surface area (TPSA) is 35.1 Å². The number of aromatic nitrogens is 1. The molecule has 0 N–H and O–H groups in total. The zero-order valence-corrected chi connectivity index (χ0v) is 7.96. The van der Waals surface area contributed by atoms with Crippen LogP contribution in [0.15, 0.2) is 21.2 Å². The molecule has 0 amide bonds. The number of rotatable bonds is 1. The number of carbonyl (C=O) groups excluding carboxylic acids is 1. The Balaban J connectivity index is 2.82. The van der Waals surface area contributed by atoms with Gasteiger partial charge in [0.1, 0.15) is 0 Å². The lowest BCUT2D eigenvalue weighted by molar-refractivity contribution is 0.111. The fourth-order valence-corrected chi connectivity index (χ4v) is 1.61. The van der Waals surface area contributed by atoms with Crippen LogP contribution in [0.1, 0.15) is 10.5 Å². The Bertz CT molecular complexity index is 441. The van der Waals surface area contributed by atoms with Gasteiger partial charge in [0.2, 0.25) is 0 Å². The van der Waals surface area contributed by atoms with Gasteiger partial charge in [-0.05, 0) is 15.9 Å². The molecule has 0 fully saturated rings. The monoisotopic (exact) mass is 227 g/mol. The van der Waals surface area contributed by atoms with Crippen LogP contribution >= 0.6 is 15.9 Å². The van der Waals surface area contributed by atoms with Crippen LogP contribution in [-0.4, -0.2) is 10.9 Å². The number of fused-ring (bicyclic) bond motifs is 1. The summed E-state index contributed by atoms with van der Waals surface area (Å²) in [6, 6.07) is 3.55. The number of furan rings is 1. The van der Waals surface area contributed by atoms with Gasteiger partial charge in [-0.3, -0.25) is 4.79 Å². The summed E-state index contributed by atoms with van der Waals surface area (Å²) in [6.07, 6.45) is 0.809. The van der Waals surface area contributed by atoms with E-state index in [1.807, 2.05) is 13.1 Å². The van der Waals surface area contributed by atoms with Gasteiger partial charge in [-0.15, -0.1) is 0 Å². The van der Waals surface area contributed by atoms with Crippen LogP contribution in [0.2, 0.25) is 0 Å². The van der Waals surface area contributed by atoms with Crippen LogP contribution in [-0.2, 0) is 7.05 Å². The second-order valence-electron chi connectivity index (χ2n) is 2.55. The standard InChI is InChI=1S/C8H6BrNO2/c1-10-5(4-11)2-7-6(10)3-8(9)12-7/h2-4H,1H3. The number of halogens is 1. The number of nitrogens with zero attached hydrogens (tertiary/aromatic N) is 1. The maximum atomic E-state index is 10.5. The third-order valence-corrected chi connectivity index (χ3v) is 2.25. The largest absolute Gasteiger partial charge is 0.448 e. The molecular weight excluding hydrogens is 222 g/mol. The van der Waals surface area contributed by atoms with Crippen LogP contribution in [0.5, 0.6) is 0 Å². The van der Waals surface area contributed by atoms with Gasteiger partial charge in [0.25, 0.3) is 0 Å². The molecule has 0 saturated heterocycles. The van der Waals surface area contributed by atoms with Crippen molar-refractivity contribution in [3.8, 4) is 0 Å². The van der Waals surface area contributed by atoms with E-state index in [1.165, 1.54) is 0 Å². The van der Waals surface area contributed by atoms with Crippen LogP contribution in [0.4, 0.5) is 0 Å². The lowest BCUT2D eigenvalue weighted by Crippen LogP contribution is -1.92. The molecule has 0 saturated carbocycles. The fraction of sp³-hybridized carbons (Fsp3) is 0.125. The van der Waals surface area contributed by atoms with Crippen molar-refractivity contribution in [2.24, 2.45) is 7.05 Å². The van der Waals surface area contributed by atoms with Gasteiger partial charge in [-0.1, -0.05) is 0 Å². The average Bonchev–Trinajstić information content (AvgIpc) is 2.51. The second kappa shape index (κ2) is 2.48. The molecule has 0 aliphatic heterocycles. The van der Waals surface area contributed by atoms with E-state index in [0.29, 0.717) is 10.4 Å². The number of hydrogen-bond acceptors (Lipinski definition) is 2. The fourth-order valence-electron chi connectivity index (χ4n) is 1.21. The van der Waals surface area contributed by atoms with Crippen LogP contribution < -0.4 is 0 Å². The highest BCUT2D eigenvalue weighted by Gasteiger charge is 2.08. The third-order valence-electron chi connectivity index (χ3n) is 1.86. The number of carbonyl (C=O) groups is 1. The molecular formula is C8H6BrNO2.